The van der Waals surface area contributed by atoms with Gasteiger partial charge in [-0.1, -0.05) is 12.2 Å². The van der Waals surface area contributed by atoms with Crippen LogP contribution in [0.1, 0.15) is 22.3 Å². The zero-order valence-electron chi connectivity index (χ0n) is 8.49. The summed E-state index contributed by atoms with van der Waals surface area (Å²) in [7, 11) is 0. The van der Waals surface area contributed by atoms with Crippen LogP contribution < -0.4 is 11.1 Å². The molecule has 0 radical (unpaired) electrons. The van der Waals surface area contributed by atoms with Gasteiger partial charge in [0.1, 0.15) is 0 Å². The van der Waals surface area contributed by atoms with Crippen LogP contribution in [0.15, 0.2) is 18.5 Å². The lowest BCUT2D eigenvalue weighted by Crippen LogP contribution is -2.27. The van der Waals surface area contributed by atoms with Crippen LogP contribution in [0.2, 0.25) is 0 Å². The normalized spacial score (nSPS) is 9.67. The molecule has 0 unspecified atom stereocenters. The predicted octanol–water partition coefficient (Wildman–Crippen LogP) is 0.796. The van der Waals surface area contributed by atoms with Gasteiger partial charge in [-0.25, -0.2) is 0 Å². The van der Waals surface area contributed by atoms with Gasteiger partial charge in [-0.05, 0) is 18.6 Å². The first-order valence-electron chi connectivity index (χ1n) is 4.58. The first kappa shape index (κ1) is 11.6. The number of pyridine rings is 1. The number of hydrogen-bond acceptors (Lipinski definition) is 3. The average Bonchev–Trinajstić information content (AvgIpc) is 2.17. The van der Waals surface area contributed by atoms with Crippen LogP contribution in [0.5, 0.6) is 0 Å². The molecular weight excluding hydrogens is 210 g/mol. The van der Waals surface area contributed by atoms with Crippen molar-refractivity contribution in [2.75, 3.05) is 6.54 Å². The fraction of sp³-hybridized carbons (Fsp3) is 0.300. The van der Waals surface area contributed by atoms with Crippen LogP contribution in [0.4, 0.5) is 0 Å². The minimum absolute atomic E-state index is 0.151. The van der Waals surface area contributed by atoms with Gasteiger partial charge in [0.05, 0.1) is 10.6 Å². The van der Waals surface area contributed by atoms with Gasteiger partial charge in [-0.2, -0.15) is 0 Å². The lowest BCUT2D eigenvalue weighted by atomic mass is 10.2. The largest absolute Gasteiger partial charge is 0.393 e. The van der Waals surface area contributed by atoms with E-state index in [0.29, 0.717) is 23.5 Å². The van der Waals surface area contributed by atoms with Crippen molar-refractivity contribution in [1.82, 2.24) is 10.3 Å². The maximum Gasteiger partial charge on any atom is 0.252 e. The highest BCUT2D eigenvalue weighted by Gasteiger charge is 2.04. The van der Waals surface area contributed by atoms with E-state index in [1.54, 1.807) is 12.3 Å². The standard InChI is InChI=1S/C10H13N3OS/c1-7-4-8(6-12-5-7)10(14)13-3-2-9(11)15/h4-6H,2-3H2,1H3,(H2,11,15)(H,13,14). The zero-order chi connectivity index (χ0) is 11.3. The second-order valence-corrected chi connectivity index (χ2v) is 3.75. The smallest absolute Gasteiger partial charge is 0.252 e. The van der Waals surface area contributed by atoms with E-state index < -0.39 is 0 Å². The molecule has 0 bridgehead atoms. The Labute approximate surface area is 93.9 Å². The summed E-state index contributed by atoms with van der Waals surface area (Å²) < 4.78 is 0. The zero-order valence-corrected chi connectivity index (χ0v) is 9.30. The molecule has 0 saturated heterocycles. The van der Waals surface area contributed by atoms with Crippen LogP contribution in [0, 0.1) is 6.92 Å². The Balaban J connectivity index is 2.50. The van der Waals surface area contributed by atoms with Gasteiger partial charge >= 0.3 is 0 Å². The monoisotopic (exact) mass is 223 g/mol. The molecule has 15 heavy (non-hydrogen) atoms. The molecule has 0 aliphatic carbocycles. The van der Waals surface area contributed by atoms with Crippen molar-refractivity contribution in [3.8, 4) is 0 Å². The first-order chi connectivity index (χ1) is 7.09. The molecule has 1 aromatic rings. The Kier molecular flexibility index (Phi) is 4.17. The topological polar surface area (TPSA) is 68.0 Å². The molecule has 1 amide bonds. The SMILES string of the molecule is Cc1cncc(C(=O)NCCC(N)=S)c1. The summed E-state index contributed by atoms with van der Waals surface area (Å²) >= 11 is 4.70. The van der Waals surface area contributed by atoms with Crippen molar-refractivity contribution < 1.29 is 4.79 Å². The Hall–Kier alpha value is -1.49. The van der Waals surface area contributed by atoms with E-state index in [9.17, 15) is 4.79 Å². The molecule has 0 aromatic carbocycles. The molecule has 0 aliphatic rings. The van der Waals surface area contributed by atoms with Crippen molar-refractivity contribution in [3.63, 3.8) is 0 Å². The van der Waals surface area contributed by atoms with E-state index in [0.717, 1.165) is 5.56 Å². The summed E-state index contributed by atoms with van der Waals surface area (Å²) in [5, 5.41) is 2.71. The van der Waals surface area contributed by atoms with Crippen molar-refractivity contribution in [2.45, 2.75) is 13.3 Å². The van der Waals surface area contributed by atoms with E-state index in [1.807, 2.05) is 6.92 Å². The van der Waals surface area contributed by atoms with Gasteiger partial charge in [0.2, 0.25) is 0 Å². The molecule has 5 heteroatoms. The number of aryl methyl sites for hydroxylation is 1. The van der Waals surface area contributed by atoms with Crippen molar-refractivity contribution in [3.05, 3.63) is 29.6 Å². The number of nitrogens with zero attached hydrogens (tertiary/aromatic N) is 1. The average molecular weight is 223 g/mol. The molecule has 1 rings (SSSR count). The lowest BCUT2D eigenvalue weighted by molar-refractivity contribution is 0.0954. The first-order valence-corrected chi connectivity index (χ1v) is 4.98. The molecule has 0 atom stereocenters. The fourth-order valence-corrected chi connectivity index (χ4v) is 1.18. The number of thiocarbonyl (C=S) groups is 1. The molecule has 1 heterocycles. The van der Waals surface area contributed by atoms with E-state index in [1.165, 1.54) is 6.20 Å². The molecule has 4 nitrogen and oxygen atoms in total. The number of carbonyl (C=O) groups excluding carboxylic acids is 1. The van der Waals surface area contributed by atoms with Crippen molar-refractivity contribution >= 4 is 23.1 Å². The molecule has 80 valence electrons. The van der Waals surface area contributed by atoms with Crippen molar-refractivity contribution in [2.24, 2.45) is 5.73 Å². The number of nitrogens with two attached hydrogens (primary N) is 1. The van der Waals surface area contributed by atoms with Gasteiger partial charge in [0.25, 0.3) is 5.91 Å². The Morgan fingerprint density at radius 2 is 2.33 bits per heavy atom. The van der Waals surface area contributed by atoms with Gasteiger partial charge in [-0.3, -0.25) is 9.78 Å². The number of carbonyl (C=O) groups is 1. The molecule has 0 spiro atoms. The summed E-state index contributed by atoms with van der Waals surface area (Å²) in [6.45, 7) is 2.35. The van der Waals surface area contributed by atoms with E-state index in [-0.39, 0.29) is 5.91 Å². The second-order valence-electron chi connectivity index (χ2n) is 3.22. The highest BCUT2D eigenvalue weighted by atomic mass is 32.1. The summed E-state index contributed by atoms with van der Waals surface area (Å²) in [6.07, 6.45) is 3.75. The van der Waals surface area contributed by atoms with Gasteiger partial charge in [0.15, 0.2) is 0 Å². The highest BCUT2D eigenvalue weighted by molar-refractivity contribution is 7.80. The number of hydrogen-bond donors (Lipinski definition) is 2. The van der Waals surface area contributed by atoms with Crippen molar-refractivity contribution in [1.29, 1.82) is 0 Å². The number of amides is 1. The van der Waals surface area contributed by atoms with E-state index in [4.69, 9.17) is 18.0 Å². The number of nitrogens with one attached hydrogen (secondary N) is 1. The quantitative estimate of drug-likeness (QED) is 0.741. The van der Waals surface area contributed by atoms with E-state index in [2.05, 4.69) is 10.3 Å². The van der Waals surface area contributed by atoms with Gasteiger partial charge < -0.3 is 11.1 Å². The third-order valence-corrected chi connectivity index (χ3v) is 2.00. The minimum atomic E-state index is -0.151. The number of aromatic nitrogens is 1. The number of rotatable bonds is 4. The maximum absolute atomic E-state index is 11.5. The second kappa shape index (κ2) is 5.41. The predicted molar refractivity (Wildman–Crippen MR) is 62.7 cm³/mol. The third-order valence-electron chi connectivity index (χ3n) is 1.79. The van der Waals surface area contributed by atoms with Crippen LogP contribution >= 0.6 is 12.2 Å². The molecule has 1 aromatic heterocycles. The molecule has 0 saturated carbocycles. The van der Waals surface area contributed by atoms with Gasteiger partial charge in [0, 0.05) is 25.4 Å². The van der Waals surface area contributed by atoms with Crippen LogP contribution in [-0.2, 0) is 0 Å². The summed E-state index contributed by atoms with van der Waals surface area (Å²) in [5.74, 6) is -0.151. The summed E-state index contributed by atoms with van der Waals surface area (Å²) in [6, 6.07) is 1.78. The fourth-order valence-electron chi connectivity index (χ4n) is 1.08. The Bertz CT molecular complexity index is 379. The third kappa shape index (κ3) is 4.03. The lowest BCUT2D eigenvalue weighted by Gasteiger charge is -2.04. The van der Waals surface area contributed by atoms with Crippen LogP contribution in [0.3, 0.4) is 0 Å². The summed E-state index contributed by atoms with van der Waals surface area (Å²) in [5.41, 5.74) is 6.82. The van der Waals surface area contributed by atoms with E-state index >= 15 is 0 Å². The molecule has 0 aliphatic heterocycles. The maximum atomic E-state index is 11.5. The molecule has 0 fully saturated rings. The molecule has 3 N–H and O–H groups in total. The highest BCUT2D eigenvalue weighted by Crippen LogP contribution is 2.00. The summed E-state index contributed by atoms with van der Waals surface area (Å²) in [4.78, 5) is 15.9. The van der Waals surface area contributed by atoms with Crippen LogP contribution in [0.25, 0.3) is 0 Å². The van der Waals surface area contributed by atoms with Crippen LogP contribution in [-0.4, -0.2) is 22.4 Å². The Morgan fingerprint density at radius 3 is 2.93 bits per heavy atom. The molecular formula is C10H13N3OS. The van der Waals surface area contributed by atoms with Gasteiger partial charge in [-0.15, -0.1) is 0 Å². The Morgan fingerprint density at radius 1 is 1.60 bits per heavy atom. The minimum Gasteiger partial charge on any atom is -0.393 e.